The molecule has 0 saturated carbocycles. The lowest BCUT2D eigenvalue weighted by molar-refractivity contribution is -0.0819. The largest absolute Gasteiger partial charge is 0.468 e. The third kappa shape index (κ3) is 2.45. The summed E-state index contributed by atoms with van der Waals surface area (Å²) >= 11 is 0. The van der Waals surface area contributed by atoms with Crippen molar-refractivity contribution in [1.29, 1.82) is 0 Å². The number of rotatable bonds is 3. The molecule has 2 heterocycles. The second-order valence-corrected chi connectivity index (χ2v) is 4.48. The van der Waals surface area contributed by atoms with Crippen LogP contribution in [0.1, 0.15) is 25.6 Å². The monoisotopic (exact) mass is 224 g/mol. The van der Waals surface area contributed by atoms with Crippen LogP contribution in [0.2, 0.25) is 0 Å². The minimum atomic E-state index is 0.170. The number of furan rings is 1. The van der Waals surface area contributed by atoms with E-state index >= 15 is 0 Å². The second kappa shape index (κ2) is 4.99. The molecule has 3 atom stereocenters. The highest BCUT2D eigenvalue weighted by molar-refractivity contribution is 5.06. The van der Waals surface area contributed by atoms with Gasteiger partial charge in [0.1, 0.15) is 5.76 Å². The van der Waals surface area contributed by atoms with E-state index in [0.717, 1.165) is 18.8 Å². The van der Waals surface area contributed by atoms with Gasteiger partial charge in [-0.3, -0.25) is 4.90 Å². The van der Waals surface area contributed by atoms with E-state index in [1.807, 2.05) is 12.1 Å². The molecule has 4 nitrogen and oxygen atoms in total. The Morgan fingerprint density at radius 1 is 1.44 bits per heavy atom. The molecule has 0 bridgehead atoms. The first kappa shape index (κ1) is 11.6. The van der Waals surface area contributed by atoms with Gasteiger partial charge in [0.25, 0.3) is 0 Å². The molecular weight excluding hydrogens is 204 g/mol. The van der Waals surface area contributed by atoms with Crippen molar-refractivity contribution in [2.45, 2.75) is 32.1 Å². The summed E-state index contributed by atoms with van der Waals surface area (Å²) in [6, 6.07) is 4.07. The van der Waals surface area contributed by atoms with Gasteiger partial charge in [0.15, 0.2) is 0 Å². The molecule has 1 aliphatic rings. The Morgan fingerprint density at radius 3 is 2.62 bits per heavy atom. The second-order valence-electron chi connectivity index (χ2n) is 4.48. The molecule has 1 fully saturated rings. The van der Waals surface area contributed by atoms with Gasteiger partial charge >= 0.3 is 0 Å². The Kier molecular flexibility index (Phi) is 3.63. The first-order valence-corrected chi connectivity index (χ1v) is 5.83. The van der Waals surface area contributed by atoms with Gasteiger partial charge in [-0.15, -0.1) is 0 Å². The lowest BCUT2D eigenvalue weighted by atomic mass is 10.1. The molecule has 1 unspecified atom stereocenters. The topological polar surface area (TPSA) is 51.6 Å². The molecule has 1 aromatic heterocycles. The Bertz CT molecular complexity index is 303. The first-order valence-electron chi connectivity index (χ1n) is 5.83. The standard InChI is InChI=1S/C12H20N2O2/c1-9-7-14(8-10(2)16-9)11(6-13)12-4-3-5-15-12/h3-5,9-11H,6-8,13H2,1-2H3/t9-,10+,11?. The van der Waals surface area contributed by atoms with Crippen LogP contribution in [0, 0.1) is 0 Å². The normalized spacial score (nSPS) is 29.2. The molecule has 16 heavy (non-hydrogen) atoms. The van der Waals surface area contributed by atoms with E-state index in [-0.39, 0.29) is 18.2 Å². The van der Waals surface area contributed by atoms with Crippen molar-refractivity contribution in [2.75, 3.05) is 19.6 Å². The summed E-state index contributed by atoms with van der Waals surface area (Å²) < 4.78 is 11.2. The van der Waals surface area contributed by atoms with Gasteiger partial charge < -0.3 is 14.9 Å². The Hall–Kier alpha value is -0.840. The molecule has 1 aromatic rings. The molecule has 2 N–H and O–H groups in total. The number of nitrogens with zero attached hydrogens (tertiary/aromatic N) is 1. The van der Waals surface area contributed by atoms with Crippen LogP contribution in [-0.4, -0.2) is 36.7 Å². The Balaban J connectivity index is 2.09. The van der Waals surface area contributed by atoms with E-state index in [2.05, 4.69) is 18.7 Å². The average Bonchev–Trinajstić information content (AvgIpc) is 2.70. The summed E-state index contributed by atoms with van der Waals surface area (Å²) in [6.07, 6.45) is 2.21. The summed E-state index contributed by atoms with van der Waals surface area (Å²) in [6.45, 7) is 6.59. The van der Waals surface area contributed by atoms with E-state index < -0.39 is 0 Å². The van der Waals surface area contributed by atoms with Gasteiger partial charge in [0, 0.05) is 19.6 Å². The molecule has 90 valence electrons. The predicted octanol–water partition coefficient (Wildman–Crippen LogP) is 1.39. The zero-order valence-corrected chi connectivity index (χ0v) is 9.93. The smallest absolute Gasteiger partial charge is 0.122 e. The fourth-order valence-corrected chi connectivity index (χ4v) is 2.40. The number of morpholine rings is 1. The quantitative estimate of drug-likeness (QED) is 0.843. The molecule has 0 aliphatic carbocycles. The van der Waals surface area contributed by atoms with Gasteiger partial charge in [0.2, 0.25) is 0 Å². The van der Waals surface area contributed by atoms with Crippen molar-refractivity contribution in [3.05, 3.63) is 24.2 Å². The molecule has 0 amide bonds. The van der Waals surface area contributed by atoms with Gasteiger partial charge in [0.05, 0.1) is 24.5 Å². The number of ether oxygens (including phenoxy) is 1. The minimum Gasteiger partial charge on any atom is -0.468 e. The van der Waals surface area contributed by atoms with Crippen molar-refractivity contribution < 1.29 is 9.15 Å². The van der Waals surface area contributed by atoms with E-state index in [1.165, 1.54) is 0 Å². The van der Waals surface area contributed by atoms with Gasteiger partial charge in [-0.2, -0.15) is 0 Å². The first-order chi connectivity index (χ1) is 7.70. The van der Waals surface area contributed by atoms with E-state index in [1.54, 1.807) is 6.26 Å². The zero-order chi connectivity index (χ0) is 11.5. The van der Waals surface area contributed by atoms with Crippen LogP contribution in [0.3, 0.4) is 0 Å². The minimum absolute atomic E-state index is 0.170. The maximum atomic E-state index is 5.84. The van der Waals surface area contributed by atoms with Crippen LogP contribution < -0.4 is 5.73 Å². The number of hydrogen-bond acceptors (Lipinski definition) is 4. The summed E-state index contributed by atoms with van der Waals surface area (Å²) in [5, 5.41) is 0. The fraction of sp³-hybridized carbons (Fsp3) is 0.667. The SMILES string of the molecule is C[C@@H]1CN(C(CN)c2ccco2)C[C@H](C)O1. The fourth-order valence-electron chi connectivity index (χ4n) is 2.40. The van der Waals surface area contributed by atoms with Gasteiger partial charge in [-0.1, -0.05) is 0 Å². The van der Waals surface area contributed by atoms with Crippen molar-refractivity contribution in [2.24, 2.45) is 5.73 Å². The lowest BCUT2D eigenvalue weighted by Gasteiger charge is -2.39. The van der Waals surface area contributed by atoms with Crippen LogP contribution in [0.15, 0.2) is 22.8 Å². The van der Waals surface area contributed by atoms with Crippen molar-refractivity contribution in [3.63, 3.8) is 0 Å². The lowest BCUT2D eigenvalue weighted by Crippen LogP contribution is -2.48. The van der Waals surface area contributed by atoms with Gasteiger partial charge in [-0.05, 0) is 26.0 Å². The average molecular weight is 224 g/mol. The molecule has 0 aromatic carbocycles. The van der Waals surface area contributed by atoms with Crippen LogP contribution in [0.5, 0.6) is 0 Å². The summed E-state index contributed by atoms with van der Waals surface area (Å²) in [5.74, 6) is 0.948. The highest BCUT2D eigenvalue weighted by Crippen LogP contribution is 2.24. The van der Waals surface area contributed by atoms with Gasteiger partial charge in [-0.25, -0.2) is 0 Å². The molecular formula is C12H20N2O2. The maximum Gasteiger partial charge on any atom is 0.122 e. The van der Waals surface area contributed by atoms with E-state index in [9.17, 15) is 0 Å². The molecule has 1 saturated heterocycles. The molecule has 4 heteroatoms. The van der Waals surface area contributed by atoms with Crippen molar-refractivity contribution in [1.82, 2.24) is 4.90 Å². The van der Waals surface area contributed by atoms with Crippen molar-refractivity contribution >= 4 is 0 Å². The van der Waals surface area contributed by atoms with Crippen LogP contribution in [0.4, 0.5) is 0 Å². The number of hydrogen-bond donors (Lipinski definition) is 1. The third-order valence-corrected chi connectivity index (χ3v) is 2.98. The molecule has 2 rings (SSSR count). The zero-order valence-electron chi connectivity index (χ0n) is 9.93. The Labute approximate surface area is 96.4 Å². The van der Waals surface area contributed by atoms with E-state index in [0.29, 0.717) is 6.54 Å². The maximum absolute atomic E-state index is 5.84. The summed E-state index contributed by atoms with van der Waals surface area (Å²) in [4.78, 5) is 2.34. The van der Waals surface area contributed by atoms with Crippen LogP contribution in [0.25, 0.3) is 0 Å². The summed E-state index contributed by atoms with van der Waals surface area (Å²) in [5.41, 5.74) is 5.84. The molecule has 0 radical (unpaired) electrons. The highest BCUT2D eigenvalue weighted by Gasteiger charge is 2.29. The molecule has 1 aliphatic heterocycles. The van der Waals surface area contributed by atoms with Crippen molar-refractivity contribution in [3.8, 4) is 0 Å². The van der Waals surface area contributed by atoms with E-state index in [4.69, 9.17) is 14.9 Å². The number of nitrogens with two attached hydrogens (primary N) is 1. The van der Waals surface area contributed by atoms with Crippen LogP contribution >= 0.6 is 0 Å². The highest BCUT2D eigenvalue weighted by atomic mass is 16.5. The Morgan fingerprint density at radius 2 is 2.12 bits per heavy atom. The summed E-state index contributed by atoms with van der Waals surface area (Å²) in [7, 11) is 0. The molecule has 0 spiro atoms. The van der Waals surface area contributed by atoms with Crippen LogP contribution in [-0.2, 0) is 4.74 Å². The predicted molar refractivity (Wildman–Crippen MR) is 62.1 cm³/mol. The third-order valence-electron chi connectivity index (χ3n) is 2.98.